The van der Waals surface area contributed by atoms with Crippen LogP contribution in [0.1, 0.15) is 11.1 Å². The number of halogens is 2. The van der Waals surface area contributed by atoms with Gasteiger partial charge >= 0.3 is 0 Å². The third kappa shape index (κ3) is 4.27. The summed E-state index contributed by atoms with van der Waals surface area (Å²) in [5.74, 6) is -1.11. The molecule has 2 aromatic carbocycles. The van der Waals surface area contributed by atoms with Crippen molar-refractivity contribution in [1.29, 1.82) is 0 Å². The van der Waals surface area contributed by atoms with Crippen molar-refractivity contribution >= 4 is 11.6 Å². The molecule has 0 atom stereocenters. The van der Waals surface area contributed by atoms with Gasteiger partial charge in [-0.05, 0) is 30.7 Å². The number of nitrogens with one attached hydrogen (secondary N) is 2. The molecule has 0 aliphatic heterocycles. The molecule has 2 rings (SSSR count). The maximum Gasteiger partial charge on any atom is 0.239 e. The fourth-order valence-corrected chi connectivity index (χ4v) is 1.84. The molecule has 2 aromatic rings. The van der Waals surface area contributed by atoms with E-state index in [4.69, 9.17) is 0 Å². The summed E-state index contributed by atoms with van der Waals surface area (Å²) >= 11 is 0. The Hall–Kier alpha value is -2.43. The summed E-state index contributed by atoms with van der Waals surface area (Å²) in [6.07, 6.45) is 0. The summed E-state index contributed by atoms with van der Waals surface area (Å²) in [6, 6.07) is 10.9. The van der Waals surface area contributed by atoms with Gasteiger partial charge in [-0.1, -0.05) is 24.3 Å². The zero-order valence-electron chi connectivity index (χ0n) is 11.6. The molecule has 0 unspecified atom stereocenters. The van der Waals surface area contributed by atoms with Crippen LogP contribution in [0.2, 0.25) is 0 Å². The van der Waals surface area contributed by atoms with Crippen LogP contribution in [0.5, 0.6) is 0 Å². The SMILES string of the molecule is Cc1ccc(NCC(=O)NCc2ccccc2F)c(F)c1. The van der Waals surface area contributed by atoms with Crippen LogP contribution in [-0.2, 0) is 11.3 Å². The minimum atomic E-state index is -0.406. The number of hydrogen-bond acceptors (Lipinski definition) is 2. The first-order valence-electron chi connectivity index (χ1n) is 6.56. The van der Waals surface area contributed by atoms with Crippen molar-refractivity contribution in [3.05, 3.63) is 65.2 Å². The van der Waals surface area contributed by atoms with Crippen molar-refractivity contribution in [3.63, 3.8) is 0 Å². The fourth-order valence-electron chi connectivity index (χ4n) is 1.84. The van der Waals surface area contributed by atoms with Gasteiger partial charge in [-0.25, -0.2) is 8.78 Å². The summed E-state index contributed by atoms with van der Waals surface area (Å²) in [5.41, 5.74) is 1.48. The highest BCUT2D eigenvalue weighted by Crippen LogP contribution is 2.14. The van der Waals surface area contributed by atoms with Crippen molar-refractivity contribution in [2.24, 2.45) is 0 Å². The van der Waals surface area contributed by atoms with E-state index in [9.17, 15) is 13.6 Å². The van der Waals surface area contributed by atoms with Crippen LogP contribution >= 0.6 is 0 Å². The molecule has 0 radical (unpaired) electrons. The van der Waals surface area contributed by atoms with Gasteiger partial charge in [0, 0.05) is 12.1 Å². The summed E-state index contributed by atoms with van der Waals surface area (Å²) in [6.45, 7) is 1.81. The second-order valence-electron chi connectivity index (χ2n) is 4.70. The van der Waals surface area contributed by atoms with E-state index in [1.54, 1.807) is 37.3 Å². The van der Waals surface area contributed by atoms with Gasteiger partial charge in [0.25, 0.3) is 0 Å². The lowest BCUT2D eigenvalue weighted by molar-refractivity contribution is -0.119. The molecule has 21 heavy (non-hydrogen) atoms. The Kier molecular flexibility index (Phi) is 4.87. The number of rotatable bonds is 5. The smallest absolute Gasteiger partial charge is 0.239 e. The van der Waals surface area contributed by atoms with E-state index < -0.39 is 5.82 Å². The van der Waals surface area contributed by atoms with Crippen molar-refractivity contribution in [3.8, 4) is 0 Å². The molecule has 0 aliphatic carbocycles. The summed E-state index contributed by atoms with van der Waals surface area (Å²) in [7, 11) is 0. The van der Waals surface area contributed by atoms with Crippen molar-refractivity contribution < 1.29 is 13.6 Å². The maximum atomic E-state index is 13.6. The number of amides is 1. The van der Waals surface area contributed by atoms with Crippen LogP contribution in [0.4, 0.5) is 14.5 Å². The molecular formula is C16H16F2N2O. The lowest BCUT2D eigenvalue weighted by Crippen LogP contribution is -2.29. The van der Waals surface area contributed by atoms with Crippen LogP contribution in [0.3, 0.4) is 0 Å². The summed E-state index contributed by atoms with van der Waals surface area (Å²) in [5, 5.41) is 5.29. The minimum absolute atomic E-state index is 0.0750. The normalized spacial score (nSPS) is 10.2. The largest absolute Gasteiger partial charge is 0.374 e. The molecule has 0 saturated heterocycles. The molecule has 0 aliphatic rings. The molecule has 0 fully saturated rings. The van der Waals surface area contributed by atoms with E-state index in [-0.39, 0.29) is 30.5 Å². The number of carbonyl (C=O) groups excluding carboxylic acids is 1. The lowest BCUT2D eigenvalue weighted by Gasteiger charge is -2.09. The Morgan fingerprint density at radius 2 is 1.86 bits per heavy atom. The number of aryl methyl sites for hydroxylation is 1. The summed E-state index contributed by atoms with van der Waals surface area (Å²) in [4.78, 5) is 11.7. The highest BCUT2D eigenvalue weighted by molar-refractivity contribution is 5.80. The zero-order chi connectivity index (χ0) is 15.2. The topological polar surface area (TPSA) is 41.1 Å². The van der Waals surface area contributed by atoms with Crippen molar-refractivity contribution in [2.45, 2.75) is 13.5 Å². The van der Waals surface area contributed by atoms with Gasteiger partial charge in [-0.3, -0.25) is 4.79 Å². The molecule has 2 N–H and O–H groups in total. The molecule has 0 saturated carbocycles. The number of hydrogen-bond donors (Lipinski definition) is 2. The van der Waals surface area contributed by atoms with E-state index in [1.165, 1.54) is 12.1 Å². The Labute approximate surface area is 122 Å². The van der Waals surface area contributed by atoms with E-state index in [2.05, 4.69) is 10.6 Å². The number of benzene rings is 2. The third-order valence-corrected chi connectivity index (χ3v) is 3.00. The molecule has 3 nitrogen and oxygen atoms in total. The Balaban J connectivity index is 1.84. The predicted molar refractivity (Wildman–Crippen MR) is 77.9 cm³/mol. The highest BCUT2D eigenvalue weighted by atomic mass is 19.1. The van der Waals surface area contributed by atoms with E-state index in [0.717, 1.165) is 5.56 Å². The van der Waals surface area contributed by atoms with Gasteiger partial charge in [0.05, 0.1) is 12.2 Å². The van der Waals surface area contributed by atoms with Gasteiger partial charge in [0.1, 0.15) is 11.6 Å². The predicted octanol–water partition coefficient (Wildman–Crippen LogP) is 3.00. The van der Waals surface area contributed by atoms with Crippen molar-refractivity contribution in [1.82, 2.24) is 5.32 Å². The molecule has 0 bridgehead atoms. The van der Waals surface area contributed by atoms with Crippen LogP contribution < -0.4 is 10.6 Å². The second kappa shape index (κ2) is 6.83. The summed E-state index contributed by atoms with van der Waals surface area (Å²) < 4.78 is 26.9. The van der Waals surface area contributed by atoms with Gasteiger partial charge in [0.2, 0.25) is 5.91 Å². The monoisotopic (exact) mass is 290 g/mol. The highest BCUT2D eigenvalue weighted by Gasteiger charge is 2.06. The van der Waals surface area contributed by atoms with E-state index >= 15 is 0 Å². The first-order valence-corrected chi connectivity index (χ1v) is 6.56. The molecule has 0 spiro atoms. The zero-order valence-corrected chi connectivity index (χ0v) is 11.6. The maximum absolute atomic E-state index is 13.6. The van der Waals surface area contributed by atoms with Gasteiger partial charge in [0.15, 0.2) is 0 Å². The number of carbonyl (C=O) groups is 1. The molecule has 0 heterocycles. The number of anilines is 1. The molecule has 0 aromatic heterocycles. The van der Waals surface area contributed by atoms with Crippen molar-refractivity contribution in [2.75, 3.05) is 11.9 Å². The molecular weight excluding hydrogens is 274 g/mol. The van der Waals surface area contributed by atoms with Crippen LogP contribution in [0.15, 0.2) is 42.5 Å². The van der Waals surface area contributed by atoms with E-state index in [0.29, 0.717) is 5.56 Å². The minimum Gasteiger partial charge on any atom is -0.374 e. The van der Waals surface area contributed by atoms with Gasteiger partial charge < -0.3 is 10.6 Å². The Bertz CT molecular complexity index is 644. The van der Waals surface area contributed by atoms with Gasteiger partial charge in [-0.15, -0.1) is 0 Å². The molecule has 110 valence electrons. The van der Waals surface area contributed by atoms with Crippen LogP contribution in [0, 0.1) is 18.6 Å². The van der Waals surface area contributed by atoms with E-state index in [1.807, 2.05) is 0 Å². The first kappa shape index (κ1) is 15.0. The molecule has 1 amide bonds. The van der Waals surface area contributed by atoms with Crippen LogP contribution in [0.25, 0.3) is 0 Å². The quantitative estimate of drug-likeness (QED) is 0.889. The second-order valence-corrected chi connectivity index (χ2v) is 4.70. The first-order chi connectivity index (χ1) is 10.1. The fraction of sp³-hybridized carbons (Fsp3) is 0.188. The standard InChI is InChI=1S/C16H16F2N2O/c1-11-6-7-15(14(18)8-11)19-10-16(21)20-9-12-4-2-3-5-13(12)17/h2-8,19H,9-10H2,1H3,(H,20,21). The molecule has 5 heteroatoms. The van der Waals surface area contributed by atoms with Crippen LogP contribution in [-0.4, -0.2) is 12.5 Å². The Morgan fingerprint density at radius 3 is 2.57 bits per heavy atom. The Morgan fingerprint density at radius 1 is 1.10 bits per heavy atom. The average molecular weight is 290 g/mol. The lowest BCUT2D eigenvalue weighted by atomic mass is 10.2. The van der Waals surface area contributed by atoms with Gasteiger partial charge in [-0.2, -0.15) is 0 Å². The third-order valence-electron chi connectivity index (χ3n) is 3.00. The average Bonchev–Trinajstić information content (AvgIpc) is 2.45.